The summed E-state index contributed by atoms with van der Waals surface area (Å²) in [6.07, 6.45) is 2.99. The highest BCUT2D eigenvalue weighted by Crippen LogP contribution is 2.16. The Bertz CT molecular complexity index is 538. The van der Waals surface area contributed by atoms with E-state index in [0.717, 1.165) is 23.2 Å². The molecule has 6 heteroatoms. The van der Waals surface area contributed by atoms with Gasteiger partial charge in [-0.3, -0.25) is 4.21 Å². The van der Waals surface area contributed by atoms with E-state index in [9.17, 15) is 4.21 Å². The maximum atomic E-state index is 12.0. The van der Waals surface area contributed by atoms with Gasteiger partial charge in [-0.15, -0.1) is 0 Å². The normalized spacial score (nSPS) is 13.0. The Morgan fingerprint density at radius 3 is 3.12 bits per heavy atom. The quantitative estimate of drug-likeness (QED) is 0.643. The molecule has 1 unspecified atom stereocenters. The molecular weight excluding hydrogens is 254 g/mol. The van der Waals surface area contributed by atoms with Crippen molar-refractivity contribution in [3.05, 3.63) is 18.2 Å². The lowest BCUT2D eigenvalue weighted by Crippen LogP contribution is -2.01. The van der Waals surface area contributed by atoms with Crippen LogP contribution in [0.3, 0.4) is 0 Å². The minimum Gasteiger partial charge on any atom is -0.399 e. The maximum Gasteiger partial charge on any atom is 0.197 e. The molecule has 17 heavy (non-hydrogen) atoms. The zero-order valence-corrected chi connectivity index (χ0v) is 11.2. The van der Waals surface area contributed by atoms with Crippen molar-refractivity contribution in [2.24, 2.45) is 0 Å². The Morgan fingerprint density at radius 2 is 2.35 bits per heavy atom. The molecule has 1 aromatic heterocycles. The number of nitrogens with one attached hydrogen (secondary N) is 1. The van der Waals surface area contributed by atoms with Gasteiger partial charge in [-0.05, 0) is 36.6 Å². The number of H-pyrrole nitrogens is 1. The van der Waals surface area contributed by atoms with Crippen LogP contribution < -0.4 is 5.73 Å². The highest BCUT2D eigenvalue weighted by molar-refractivity contribution is 7.98. The molecule has 2 aromatic rings. The van der Waals surface area contributed by atoms with E-state index in [1.165, 1.54) is 0 Å². The van der Waals surface area contributed by atoms with Gasteiger partial charge in [0.25, 0.3) is 0 Å². The van der Waals surface area contributed by atoms with Crippen LogP contribution in [0, 0.1) is 0 Å². The monoisotopic (exact) mass is 269 g/mol. The van der Waals surface area contributed by atoms with Gasteiger partial charge in [0, 0.05) is 11.4 Å². The Balaban J connectivity index is 2.15. The lowest BCUT2D eigenvalue weighted by atomic mass is 10.3. The van der Waals surface area contributed by atoms with Crippen molar-refractivity contribution in [3.63, 3.8) is 0 Å². The fourth-order valence-electron chi connectivity index (χ4n) is 1.54. The predicted octanol–water partition coefficient (Wildman–Crippen LogP) is 2.01. The van der Waals surface area contributed by atoms with E-state index in [4.69, 9.17) is 5.73 Å². The van der Waals surface area contributed by atoms with Crippen LogP contribution in [0.1, 0.15) is 6.42 Å². The molecule has 4 nitrogen and oxygen atoms in total. The van der Waals surface area contributed by atoms with Crippen molar-refractivity contribution >= 4 is 39.3 Å². The van der Waals surface area contributed by atoms with Crippen molar-refractivity contribution in [3.8, 4) is 0 Å². The van der Waals surface area contributed by atoms with Gasteiger partial charge in [0.1, 0.15) is 0 Å². The van der Waals surface area contributed by atoms with Crippen LogP contribution in [0.4, 0.5) is 5.69 Å². The fourth-order valence-corrected chi connectivity index (χ4v) is 3.18. The number of thioether (sulfide) groups is 1. The second-order valence-corrected chi connectivity index (χ2v) is 6.19. The zero-order chi connectivity index (χ0) is 12.3. The molecule has 3 N–H and O–H groups in total. The number of rotatable bonds is 5. The summed E-state index contributed by atoms with van der Waals surface area (Å²) in [6.45, 7) is 0. The number of benzene rings is 1. The first-order valence-corrected chi connectivity index (χ1v) is 8.04. The van der Waals surface area contributed by atoms with Gasteiger partial charge < -0.3 is 10.7 Å². The van der Waals surface area contributed by atoms with Crippen LogP contribution in [0.2, 0.25) is 0 Å². The topological polar surface area (TPSA) is 71.8 Å². The van der Waals surface area contributed by atoms with Crippen molar-refractivity contribution in [2.45, 2.75) is 11.6 Å². The van der Waals surface area contributed by atoms with Crippen LogP contribution in [0.25, 0.3) is 11.0 Å². The van der Waals surface area contributed by atoms with E-state index in [1.54, 1.807) is 17.8 Å². The molecule has 0 fully saturated rings. The molecule has 0 amide bonds. The minimum atomic E-state index is -1.04. The summed E-state index contributed by atoms with van der Waals surface area (Å²) in [6, 6.07) is 5.44. The van der Waals surface area contributed by atoms with E-state index < -0.39 is 10.8 Å². The maximum absolute atomic E-state index is 12.0. The van der Waals surface area contributed by atoms with Crippen molar-refractivity contribution in [1.29, 1.82) is 0 Å². The third-order valence-corrected chi connectivity index (χ3v) is 4.36. The molecule has 1 atom stereocenters. The van der Waals surface area contributed by atoms with E-state index in [-0.39, 0.29) is 0 Å². The van der Waals surface area contributed by atoms with Gasteiger partial charge in [0.05, 0.1) is 21.8 Å². The minimum absolute atomic E-state index is 0.548. The first-order chi connectivity index (χ1) is 8.20. The summed E-state index contributed by atoms with van der Waals surface area (Å²) in [5, 5.41) is 0.548. The van der Waals surface area contributed by atoms with Gasteiger partial charge in [-0.1, -0.05) is 0 Å². The number of anilines is 1. The second kappa shape index (κ2) is 5.55. The van der Waals surface area contributed by atoms with E-state index in [0.29, 0.717) is 16.6 Å². The van der Waals surface area contributed by atoms with Crippen LogP contribution in [0.15, 0.2) is 23.4 Å². The van der Waals surface area contributed by atoms with Crippen molar-refractivity contribution in [1.82, 2.24) is 9.97 Å². The molecule has 2 rings (SSSR count). The van der Waals surface area contributed by atoms with Crippen LogP contribution in [-0.4, -0.2) is 31.9 Å². The number of nitrogens with two attached hydrogens (primary N) is 1. The number of aromatic amines is 1. The van der Waals surface area contributed by atoms with Crippen LogP contribution in [0.5, 0.6) is 0 Å². The van der Waals surface area contributed by atoms with E-state index >= 15 is 0 Å². The average molecular weight is 269 g/mol. The Hall–Kier alpha value is -1.01. The molecule has 1 aromatic carbocycles. The molecule has 0 spiro atoms. The predicted molar refractivity (Wildman–Crippen MR) is 74.8 cm³/mol. The number of nitrogen functional groups attached to an aromatic ring is 1. The molecule has 0 aliphatic heterocycles. The number of aromatic nitrogens is 2. The highest BCUT2D eigenvalue weighted by atomic mass is 32.2. The summed E-state index contributed by atoms with van der Waals surface area (Å²) in [7, 11) is -1.04. The van der Waals surface area contributed by atoms with Crippen LogP contribution >= 0.6 is 11.8 Å². The first kappa shape index (κ1) is 12.4. The summed E-state index contributed by atoms with van der Waals surface area (Å²) in [5.41, 5.74) is 8.02. The first-order valence-electron chi connectivity index (χ1n) is 5.33. The highest BCUT2D eigenvalue weighted by Gasteiger charge is 2.09. The second-order valence-electron chi connectivity index (χ2n) is 3.71. The van der Waals surface area contributed by atoms with E-state index in [1.807, 2.05) is 18.4 Å². The van der Waals surface area contributed by atoms with Gasteiger partial charge in [0.2, 0.25) is 0 Å². The summed E-state index contributed by atoms with van der Waals surface area (Å²) < 4.78 is 12.0. The van der Waals surface area contributed by atoms with Gasteiger partial charge in [-0.2, -0.15) is 11.8 Å². The largest absolute Gasteiger partial charge is 0.399 e. The number of hydrogen-bond donors (Lipinski definition) is 2. The lowest BCUT2D eigenvalue weighted by molar-refractivity contribution is 0.677. The average Bonchev–Trinajstić information content (AvgIpc) is 2.72. The standard InChI is InChI=1S/C11H15N3OS2/c1-16-5-2-6-17(15)11-13-9-4-3-8(12)7-10(9)14-11/h3-4,7H,2,5-6,12H2,1H3,(H,13,14). The third-order valence-electron chi connectivity index (χ3n) is 2.38. The zero-order valence-electron chi connectivity index (χ0n) is 9.60. The SMILES string of the molecule is CSCCCS(=O)c1nc2ccc(N)cc2[nH]1. The number of hydrogen-bond acceptors (Lipinski definition) is 4. The van der Waals surface area contributed by atoms with Crippen molar-refractivity contribution in [2.75, 3.05) is 23.5 Å². The molecule has 0 saturated carbocycles. The molecule has 0 aliphatic rings. The molecule has 0 bridgehead atoms. The Kier molecular flexibility index (Phi) is 4.06. The fraction of sp³-hybridized carbons (Fsp3) is 0.364. The van der Waals surface area contributed by atoms with Gasteiger partial charge >= 0.3 is 0 Å². The van der Waals surface area contributed by atoms with Crippen molar-refractivity contribution < 1.29 is 4.21 Å². The molecular formula is C11H15N3OS2. The number of nitrogens with zero attached hydrogens (tertiary/aromatic N) is 1. The molecule has 1 heterocycles. The smallest absolute Gasteiger partial charge is 0.197 e. The molecule has 0 saturated heterocycles. The Labute approximate surface area is 107 Å². The molecule has 92 valence electrons. The Morgan fingerprint density at radius 1 is 1.53 bits per heavy atom. The molecule has 0 aliphatic carbocycles. The summed E-state index contributed by atoms with van der Waals surface area (Å²) in [4.78, 5) is 7.38. The number of imidazole rings is 1. The third kappa shape index (κ3) is 3.01. The van der Waals surface area contributed by atoms with Gasteiger partial charge in [0.15, 0.2) is 5.16 Å². The van der Waals surface area contributed by atoms with Crippen LogP contribution in [-0.2, 0) is 10.8 Å². The molecule has 0 radical (unpaired) electrons. The summed E-state index contributed by atoms with van der Waals surface area (Å²) >= 11 is 1.76. The van der Waals surface area contributed by atoms with E-state index in [2.05, 4.69) is 9.97 Å². The van der Waals surface area contributed by atoms with Gasteiger partial charge in [-0.25, -0.2) is 4.98 Å². The summed E-state index contributed by atoms with van der Waals surface area (Å²) in [5.74, 6) is 1.68. The lowest BCUT2D eigenvalue weighted by Gasteiger charge is -1.96. The number of fused-ring (bicyclic) bond motifs is 1.